The third-order valence-corrected chi connectivity index (χ3v) is 3.46. The van der Waals surface area contributed by atoms with Crippen LogP contribution in [0.1, 0.15) is 31.1 Å². The van der Waals surface area contributed by atoms with Gasteiger partial charge in [0.25, 0.3) is 11.6 Å². The van der Waals surface area contributed by atoms with Gasteiger partial charge in [-0.05, 0) is 31.0 Å². The topological polar surface area (TPSA) is 89.5 Å². The largest absolute Gasteiger partial charge is 0.338 e. The maximum Gasteiger partial charge on any atom is 0.282 e. The third-order valence-electron chi connectivity index (χ3n) is 3.23. The fraction of sp³-hybridized carbons (Fsp3) is 0.500. The highest BCUT2D eigenvalue weighted by atomic mass is 35.5. The van der Waals surface area contributed by atoms with Crippen LogP contribution in [0.2, 0.25) is 5.02 Å². The summed E-state index contributed by atoms with van der Waals surface area (Å²) >= 11 is 5.86. The molecule has 116 valence electrons. The van der Waals surface area contributed by atoms with Gasteiger partial charge < -0.3 is 10.6 Å². The Morgan fingerprint density at radius 2 is 2.10 bits per heavy atom. The van der Waals surface area contributed by atoms with Gasteiger partial charge in [-0.2, -0.15) is 0 Å². The quantitative estimate of drug-likeness (QED) is 0.646. The van der Waals surface area contributed by atoms with Crippen LogP contribution in [0.25, 0.3) is 0 Å². The van der Waals surface area contributed by atoms with Gasteiger partial charge in [-0.15, -0.1) is 0 Å². The lowest BCUT2D eigenvalue weighted by Gasteiger charge is -2.31. The Morgan fingerprint density at radius 1 is 1.48 bits per heavy atom. The second kappa shape index (κ2) is 6.87. The van der Waals surface area contributed by atoms with E-state index < -0.39 is 10.8 Å². The number of nitro groups is 1. The highest BCUT2D eigenvalue weighted by molar-refractivity contribution is 6.31. The number of hydrogen-bond acceptors (Lipinski definition) is 4. The second-order valence-electron chi connectivity index (χ2n) is 5.61. The Balaban J connectivity index is 3.16. The predicted molar refractivity (Wildman–Crippen MR) is 82.5 cm³/mol. The van der Waals surface area contributed by atoms with Crippen molar-refractivity contribution in [2.24, 2.45) is 11.1 Å². The predicted octanol–water partition coefficient (Wildman–Crippen LogP) is 2.70. The van der Waals surface area contributed by atoms with Crippen LogP contribution in [0.3, 0.4) is 0 Å². The molecule has 1 aromatic rings. The lowest BCUT2D eigenvalue weighted by molar-refractivity contribution is -0.385. The summed E-state index contributed by atoms with van der Waals surface area (Å²) < 4.78 is 0. The van der Waals surface area contributed by atoms with Gasteiger partial charge in [0.15, 0.2) is 0 Å². The van der Waals surface area contributed by atoms with E-state index in [1.807, 2.05) is 20.8 Å². The zero-order chi connectivity index (χ0) is 16.2. The van der Waals surface area contributed by atoms with Gasteiger partial charge in [-0.25, -0.2) is 0 Å². The monoisotopic (exact) mass is 313 g/mol. The van der Waals surface area contributed by atoms with E-state index >= 15 is 0 Å². The highest BCUT2D eigenvalue weighted by Gasteiger charge is 2.28. The molecule has 0 fully saturated rings. The van der Waals surface area contributed by atoms with Gasteiger partial charge in [-0.1, -0.05) is 25.4 Å². The minimum absolute atomic E-state index is 0.00201. The number of benzene rings is 1. The Kier molecular flexibility index (Phi) is 5.69. The van der Waals surface area contributed by atoms with E-state index in [0.29, 0.717) is 19.6 Å². The van der Waals surface area contributed by atoms with E-state index in [1.165, 1.54) is 18.2 Å². The number of halogens is 1. The summed E-state index contributed by atoms with van der Waals surface area (Å²) in [5, 5.41) is 11.4. The van der Waals surface area contributed by atoms with Crippen LogP contribution in [-0.4, -0.2) is 35.4 Å². The molecule has 0 radical (unpaired) electrons. The van der Waals surface area contributed by atoms with E-state index in [-0.39, 0.29) is 21.7 Å². The van der Waals surface area contributed by atoms with E-state index in [1.54, 1.807) is 4.90 Å². The van der Waals surface area contributed by atoms with Gasteiger partial charge in [0.2, 0.25) is 0 Å². The summed E-state index contributed by atoms with van der Waals surface area (Å²) in [7, 11) is 0. The maximum atomic E-state index is 12.6. The van der Waals surface area contributed by atoms with Crippen molar-refractivity contribution in [3.8, 4) is 0 Å². The Labute approximate surface area is 129 Å². The molecule has 0 aliphatic heterocycles. The van der Waals surface area contributed by atoms with Gasteiger partial charge >= 0.3 is 0 Å². The number of carbonyl (C=O) groups is 1. The second-order valence-corrected chi connectivity index (χ2v) is 6.04. The number of hydrogen-bond donors (Lipinski definition) is 1. The van der Waals surface area contributed by atoms with E-state index in [2.05, 4.69) is 0 Å². The summed E-state index contributed by atoms with van der Waals surface area (Å²) in [6.07, 6.45) is 0. The first-order valence-corrected chi connectivity index (χ1v) is 7.03. The molecule has 1 rings (SSSR count). The molecule has 21 heavy (non-hydrogen) atoms. The standard InChI is InChI=1S/C14H20ClN3O3/c1-4-17(9-14(2,3)8-16)13(19)11-7-10(15)5-6-12(11)18(20)21/h5-7H,4,8-9,16H2,1-3H3. The number of rotatable bonds is 6. The van der Waals surface area contributed by atoms with Crippen molar-refractivity contribution < 1.29 is 9.72 Å². The fourth-order valence-corrected chi connectivity index (χ4v) is 2.09. The molecular weight excluding hydrogens is 294 g/mol. The number of nitro benzene ring substituents is 1. The first-order valence-electron chi connectivity index (χ1n) is 6.65. The van der Waals surface area contributed by atoms with Crippen molar-refractivity contribution >= 4 is 23.2 Å². The molecule has 0 spiro atoms. The number of carbonyl (C=O) groups excluding carboxylic acids is 1. The molecule has 0 unspecified atom stereocenters. The minimum Gasteiger partial charge on any atom is -0.338 e. The zero-order valence-electron chi connectivity index (χ0n) is 12.4. The third kappa shape index (κ3) is 4.41. The lowest BCUT2D eigenvalue weighted by atomic mass is 9.92. The van der Waals surface area contributed by atoms with E-state index in [0.717, 1.165) is 0 Å². The smallest absolute Gasteiger partial charge is 0.282 e. The van der Waals surface area contributed by atoms with E-state index in [9.17, 15) is 14.9 Å². The van der Waals surface area contributed by atoms with E-state index in [4.69, 9.17) is 17.3 Å². The molecule has 0 aromatic heterocycles. The van der Waals surface area contributed by atoms with Crippen molar-refractivity contribution in [3.63, 3.8) is 0 Å². The van der Waals surface area contributed by atoms with Gasteiger partial charge in [-0.3, -0.25) is 14.9 Å². The highest BCUT2D eigenvalue weighted by Crippen LogP contribution is 2.25. The minimum atomic E-state index is -0.578. The summed E-state index contributed by atoms with van der Waals surface area (Å²) in [4.78, 5) is 24.6. The summed E-state index contributed by atoms with van der Waals surface area (Å²) in [6.45, 7) is 6.97. The molecule has 0 aliphatic rings. The first-order chi connectivity index (χ1) is 9.71. The summed E-state index contributed by atoms with van der Waals surface area (Å²) in [5.74, 6) is -0.409. The summed E-state index contributed by atoms with van der Waals surface area (Å²) in [5.41, 5.74) is 5.18. The van der Waals surface area contributed by atoms with Crippen LogP contribution in [0.4, 0.5) is 5.69 Å². The van der Waals surface area contributed by atoms with Crippen LogP contribution >= 0.6 is 11.6 Å². The van der Waals surface area contributed by atoms with Crippen molar-refractivity contribution in [2.75, 3.05) is 19.6 Å². The van der Waals surface area contributed by atoms with Gasteiger partial charge in [0.1, 0.15) is 5.56 Å². The SMILES string of the molecule is CCN(CC(C)(C)CN)C(=O)c1cc(Cl)ccc1[N+](=O)[O-]. The molecule has 0 atom stereocenters. The van der Waals surface area contributed by atoms with Crippen LogP contribution < -0.4 is 5.73 Å². The Bertz CT molecular complexity index is 546. The maximum absolute atomic E-state index is 12.6. The molecule has 0 aliphatic carbocycles. The fourth-order valence-electron chi connectivity index (χ4n) is 1.92. The van der Waals surface area contributed by atoms with Crippen molar-refractivity contribution in [1.82, 2.24) is 4.90 Å². The molecule has 0 heterocycles. The molecule has 2 N–H and O–H groups in total. The number of nitrogens with zero attached hydrogens (tertiary/aromatic N) is 2. The number of amides is 1. The molecule has 1 amide bonds. The molecule has 0 saturated heterocycles. The van der Waals surface area contributed by atoms with Crippen LogP contribution in [0.15, 0.2) is 18.2 Å². The molecule has 0 bridgehead atoms. The molecule has 6 nitrogen and oxygen atoms in total. The molecular formula is C14H20ClN3O3. The van der Waals surface area contributed by atoms with Crippen LogP contribution in [0, 0.1) is 15.5 Å². The average Bonchev–Trinajstić information content (AvgIpc) is 2.43. The Morgan fingerprint density at radius 3 is 2.57 bits per heavy atom. The van der Waals surface area contributed by atoms with Crippen molar-refractivity contribution in [2.45, 2.75) is 20.8 Å². The zero-order valence-corrected chi connectivity index (χ0v) is 13.2. The Hall–Kier alpha value is -1.66. The van der Waals surface area contributed by atoms with Crippen LogP contribution in [-0.2, 0) is 0 Å². The number of nitrogens with two attached hydrogens (primary N) is 1. The average molecular weight is 314 g/mol. The van der Waals surface area contributed by atoms with Crippen molar-refractivity contribution in [1.29, 1.82) is 0 Å². The normalized spacial score (nSPS) is 11.3. The van der Waals surface area contributed by atoms with Gasteiger partial charge in [0.05, 0.1) is 4.92 Å². The molecule has 1 aromatic carbocycles. The van der Waals surface area contributed by atoms with Crippen LogP contribution in [0.5, 0.6) is 0 Å². The van der Waals surface area contributed by atoms with Crippen molar-refractivity contribution in [3.05, 3.63) is 38.9 Å². The first kappa shape index (κ1) is 17.4. The van der Waals surface area contributed by atoms with Gasteiger partial charge in [0, 0.05) is 24.2 Å². The molecule has 7 heteroatoms. The summed E-state index contributed by atoms with van der Waals surface area (Å²) in [6, 6.07) is 3.98. The lowest BCUT2D eigenvalue weighted by Crippen LogP contribution is -2.42. The molecule has 0 saturated carbocycles.